The Balaban J connectivity index is 1.90. The van der Waals surface area contributed by atoms with E-state index in [0.717, 1.165) is 48.9 Å². The summed E-state index contributed by atoms with van der Waals surface area (Å²) in [6.45, 7) is 7.47. The molecule has 0 bridgehead atoms. The first kappa shape index (κ1) is 19.0. The Morgan fingerprint density at radius 2 is 1.78 bits per heavy atom. The van der Waals surface area contributed by atoms with E-state index in [1.807, 2.05) is 28.8 Å². The lowest BCUT2D eigenvalue weighted by Gasteiger charge is -2.19. The normalized spacial score (nSPS) is 11.3. The van der Waals surface area contributed by atoms with Crippen LogP contribution in [0.15, 0.2) is 42.5 Å². The minimum Gasteiger partial charge on any atom is -0.309 e. The minimum atomic E-state index is -0.796. The van der Waals surface area contributed by atoms with Crippen LogP contribution < -0.4 is 5.32 Å². The Morgan fingerprint density at radius 1 is 1.11 bits per heavy atom. The maximum absolute atomic E-state index is 13.4. The molecule has 0 aliphatic rings. The van der Waals surface area contributed by atoms with Crippen LogP contribution in [0.5, 0.6) is 0 Å². The Labute approximate surface area is 156 Å². The number of nitrogens with one attached hydrogen (secondary N) is 1. The van der Waals surface area contributed by atoms with Crippen molar-refractivity contribution in [3.05, 3.63) is 59.7 Å². The van der Waals surface area contributed by atoms with Crippen LogP contribution in [0.1, 0.15) is 24.2 Å². The van der Waals surface area contributed by atoms with Gasteiger partial charge in [0.25, 0.3) is 5.91 Å². The van der Waals surface area contributed by atoms with Crippen molar-refractivity contribution in [3.63, 3.8) is 0 Å². The number of likely N-dealkylation sites (N-methyl/N-ethyl adjacent to an activating group) is 1. The summed E-state index contributed by atoms with van der Waals surface area (Å²) >= 11 is 0. The molecule has 3 aromatic rings. The van der Waals surface area contributed by atoms with Gasteiger partial charge in [0, 0.05) is 24.7 Å². The number of anilines is 1. The first-order chi connectivity index (χ1) is 13.0. The van der Waals surface area contributed by atoms with Crippen LogP contribution in [0.4, 0.5) is 14.7 Å². The number of nitrogens with zero attached hydrogens (tertiary/aromatic N) is 3. The number of benzene rings is 2. The average Bonchev–Trinajstić information content (AvgIpc) is 2.99. The highest BCUT2D eigenvalue weighted by Gasteiger charge is 2.16. The summed E-state index contributed by atoms with van der Waals surface area (Å²) in [6, 6.07) is 10.3. The summed E-state index contributed by atoms with van der Waals surface area (Å²) in [5, 5.41) is 2.69. The number of rotatable bonds is 7. The first-order valence-corrected chi connectivity index (χ1v) is 8.97. The number of fused-ring (bicyclic) bond motifs is 1. The number of imidazole rings is 1. The number of hydrogen-bond acceptors (Lipinski definition) is 3. The smallest absolute Gasteiger partial charge is 0.258 e. The van der Waals surface area contributed by atoms with E-state index in [-0.39, 0.29) is 5.56 Å². The van der Waals surface area contributed by atoms with Crippen LogP contribution in [0.25, 0.3) is 11.0 Å². The predicted molar refractivity (Wildman–Crippen MR) is 102 cm³/mol. The second-order valence-electron chi connectivity index (χ2n) is 6.21. The molecule has 1 heterocycles. The molecule has 1 aromatic heterocycles. The third-order valence-corrected chi connectivity index (χ3v) is 4.54. The summed E-state index contributed by atoms with van der Waals surface area (Å²) in [7, 11) is 0. The molecule has 5 nitrogen and oxygen atoms in total. The van der Waals surface area contributed by atoms with Crippen LogP contribution in [0.3, 0.4) is 0 Å². The number of halogens is 2. The van der Waals surface area contributed by atoms with Gasteiger partial charge in [0.1, 0.15) is 11.6 Å². The van der Waals surface area contributed by atoms with Gasteiger partial charge in [0.2, 0.25) is 5.95 Å². The van der Waals surface area contributed by atoms with Crippen molar-refractivity contribution >= 4 is 22.9 Å². The molecule has 7 heteroatoms. The SMILES string of the molecule is CCN(CC)CCn1c(NC(=O)c2cc(F)cc(F)c2)nc2ccccc21. The van der Waals surface area contributed by atoms with Crippen LogP contribution >= 0.6 is 0 Å². The fraction of sp³-hybridized carbons (Fsp3) is 0.300. The average molecular weight is 372 g/mol. The highest BCUT2D eigenvalue weighted by Crippen LogP contribution is 2.20. The molecule has 0 fully saturated rings. The van der Waals surface area contributed by atoms with E-state index in [9.17, 15) is 13.6 Å². The molecule has 0 saturated carbocycles. The van der Waals surface area contributed by atoms with Gasteiger partial charge in [-0.15, -0.1) is 0 Å². The predicted octanol–water partition coefficient (Wildman–Crippen LogP) is 3.91. The van der Waals surface area contributed by atoms with Gasteiger partial charge in [-0.25, -0.2) is 13.8 Å². The van der Waals surface area contributed by atoms with E-state index >= 15 is 0 Å². The number of carbonyl (C=O) groups excluding carboxylic acids is 1. The Hall–Kier alpha value is -2.80. The highest BCUT2D eigenvalue weighted by atomic mass is 19.1. The van der Waals surface area contributed by atoms with E-state index < -0.39 is 17.5 Å². The largest absolute Gasteiger partial charge is 0.309 e. The summed E-state index contributed by atoms with van der Waals surface area (Å²) < 4.78 is 28.7. The quantitative estimate of drug-likeness (QED) is 0.684. The van der Waals surface area contributed by atoms with Gasteiger partial charge in [0.05, 0.1) is 11.0 Å². The highest BCUT2D eigenvalue weighted by molar-refractivity contribution is 6.04. The number of carbonyl (C=O) groups is 1. The van der Waals surface area contributed by atoms with Crippen molar-refractivity contribution in [1.29, 1.82) is 0 Å². The van der Waals surface area contributed by atoms with Crippen LogP contribution in [0, 0.1) is 11.6 Å². The number of aromatic nitrogens is 2. The molecule has 3 rings (SSSR count). The van der Waals surface area contributed by atoms with Crippen molar-refractivity contribution in [2.45, 2.75) is 20.4 Å². The molecule has 0 saturated heterocycles. The zero-order valence-corrected chi connectivity index (χ0v) is 15.4. The third-order valence-electron chi connectivity index (χ3n) is 4.54. The lowest BCUT2D eigenvalue weighted by molar-refractivity contribution is 0.102. The molecular weight excluding hydrogens is 350 g/mol. The molecule has 2 aromatic carbocycles. The third kappa shape index (κ3) is 4.31. The van der Waals surface area contributed by atoms with Gasteiger partial charge in [-0.1, -0.05) is 26.0 Å². The standard InChI is InChI=1S/C20H22F2N4O/c1-3-25(4-2)9-10-26-18-8-6-5-7-17(18)23-20(26)24-19(27)14-11-15(21)13-16(22)12-14/h5-8,11-13H,3-4,9-10H2,1-2H3,(H,23,24,27). The number of hydrogen-bond donors (Lipinski definition) is 1. The minimum absolute atomic E-state index is 0.0881. The maximum Gasteiger partial charge on any atom is 0.258 e. The maximum atomic E-state index is 13.4. The number of amides is 1. The second-order valence-corrected chi connectivity index (χ2v) is 6.21. The summed E-state index contributed by atoms with van der Waals surface area (Å²) in [5.74, 6) is -1.84. The molecule has 0 aliphatic carbocycles. The molecule has 142 valence electrons. The summed E-state index contributed by atoms with van der Waals surface area (Å²) in [6.07, 6.45) is 0. The zero-order valence-electron chi connectivity index (χ0n) is 15.4. The first-order valence-electron chi connectivity index (χ1n) is 8.97. The Morgan fingerprint density at radius 3 is 2.44 bits per heavy atom. The van der Waals surface area contributed by atoms with Gasteiger partial charge in [-0.2, -0.15) is 0 Å². The summed E-state index contributed by atoms with van der Waals surface area (Å²) in [5.41, 5.74) is 1.55. The monoisotopic (exact) mass is 372 g/mol. The Kier molecular flexibility index (Phi) is 5.81. The molecule has 0 unspecified atom stereocenters. The van der Waals surface area contributed by atoms with E-state index in [0.29, 0.717) is 12.5 Å². The van der Waals surface area contributed by atoms with Crippen molar-refractivity contribution in [2.75, 3.05) is 25.0 Å². The van der Waals surface area contributed by atoms with Crippen molar-refractivity contribution in [3.8, 4) is 0 Å². The van der Waals surface area contributed by atoms with E-state index in [1.165, 1.54) is 0 Å². The van der Waals surface area contributed by atoms with Gasteiger partial charge >= 0.3 is 0 Å². The lowest BCUT2D eigenvalue weighted by atomic mass is 10.2. The molecule has 1 N–H and O–H groups in total. The van der Waals surface area contributed by atoms with Gasteiger partial charge in [0.15, 0.2) is 0 Å². The van der Waals surface area contributed by atoms with Crippen molar-refractivity contribution in [1.82, 2.24) is 14.5 Å². The molecule has 0 atom stereocenters. The Bertz CT molecular complexity index is 930. The van der Waals surface area contributed by atoms with Gasteiger partial charge < -0.3 is 9.47 Å². The fourth-order valence-corrected chi connectivity index (χ4v) is 3.04. The second kappa shape index (κ2) is 8.26. The molecular formula is C20H22F2N4O. The molecule has 0 spiro atoms. The van der Waals surface area contributed by atoms with E-state index in [2.05, 4.69) is 29.0 Å². The van der Waals surface area contributed by atoms with Crippen molar-refractivity contribution in [2.24, 2.45) is 0 Å². The lowest BCUT2D eigenvalue weighted by Crippen LogP contribution is -2.27. The molecule has 27 heavy (non-hydrogen) atoms. The topological polar surface area (TPSA) is 50.2 Å². The van der Waals surface area contributed by atoms with Gasteiger partial charge in [-0.05, 0) is 37.4 Å². The fourth-order valence-electron chi connectivity index (χ4n) is 3.04. The van der Waals surface area contributed by atoms with Crippen molar-refractivity contribution < 1.29 is 13.6 Å². The van der Waals surface area contributed by atoms with Gasteiger partial charge in [-0.3, -0.25) is 10.1 Å². The zero-order chi connectivity index (χ0) is 19.4. The molecule has 0 aliphatic heterocycles. The van der Waals surface area contributed by atoms with E-state index in [4.69, 9.17) is 0 Å². The number of para-hydroxylation sites is 2. The van der Waals surface area contributed by atoms with Crippen LogP contribution in [-0.2, 0) is 6.54 Å². The molecule has 0 radical (unpaired) electrons. The van der Waals surface area contributed by atoms with Crippen LogP contribution in [-0.4, -0.2) is 40.0 Å². The molecule has 1 amide bonds. The van der Waals surface area contributed by atoms with Crippen LogP contribution in [0.2, 0.25) is 0 Å². The van der Waals surface area contributed by atoms with E-state index in [1.54, 1.807) is 0 Å². The summed E-state index contributed by atoms with van der Waals surface area (Å²) in [4.78, 5) is 19.2.